The Morgan fingerprint density at radius 3 is 2.27 bits per heavy atom. The van der Waals surface area contributed by atoms with Crippen molar-refractivity contribution in [3.63, 3.8) is 0 Å². The smallest absolute Gasteiger partial charge is 0.412 e. The molecule has 1 amide bonds. The molecular weight excluding hydrogens is 326 g/mol. The summed E-state index contributed by atoms with van der Waals surface area (Å²) in [6.45, 7) is 7.55. The summed E-state index contributed by atoms with van der Waals surface area (Å²) in [5.74, 6) is -0.126. The number of carbonyl (C=O) groups excluding carboxylic acids is 2. The fourth-order valence-corrected chi connectivity index (χ4v) is 2.56. The molecule has 138 valence electrons. The van der Waals surface area contributed by atoms with Gasteiger partial charge < -0.3 is 4.74 Å². The summed E-state index contributed by atoms with van der Waals surface area (Å²) in [6.07, 6.45) is 2.72. The van der Waals surface area contributed by atoms with Crippen molar-refractivity contribution >= 4 is 17.6 Å². The molecule has 4 heteroatoms. The minimum absolute atomic E-state index is 0.126. The SMILES string of the molecule is CCCCc1ccc(C(=O)c2ccccc2NC(=O)OC(C)(C)C)cc1. The second-order valence-electron chi connectivity index (χ2n) is 7.30. The first-order chi connectivity index (χ1) is 12.3. The zero-order valence-electron chi connectivity index (χ0n) is 16.0. The van der Waals surface area contributed by atoms with Crippen LogP contribution in [0.2, 0.25) is 0 Å². The van der Waals surface area contributed by atoms with E-state index in [0.717, 1.165) is 19.3 Å². The zero-order chi connectivity index (χ0) is 19.2. The Balaban J connectivity index is 2.17. The average Bonchev–Trinajstić information content (AvgIpc) is 2.58. The van der Waals surface area contributed by atoms with Crippen LogP contribution in [0.15, 0.2) is 48.5 Å². The third-order valence-electron chi connectivity index (χ3n) is 3.84. The lowest BCUT2D eigenvalue weighted by Gasteiger charge is -2.20. The highest BCUT2D eigenvalue weighted by atomic mass is 16.6. The summed E-state index contributed by atoms with van der Waals surface area (Å²) in [4.78, 5) is 24.9. The lowest BCUT2D eigenvalue weighted by Crippen LogP contribution is -2.27. The van der Waals surface area contributed by atoms with Crippen molar-refractivity contribution < 1.29 is 14.3 Å². The summed E-state index contributed by atoms with van der Waals surface area (Å²) in [7, 11) is 0. The molecule has 2 aromatic rings. The van der Waals surface area contributed by atoms with Gasteiger partial charge in [0, 0.05) is 11.1 Å². The van der Waals surface area contributed by atoms with E-state index in [1.54, 1.807) is 45.0 Å². The molecule has 0 aliphatic carbocycles. The van der Waals surface area contributed by atoms with E-state index in [9.17, 15) is 9.59 Å². The van der Waals surface area contributed by atoms with Crippen LogP contribution >= 0.6 is 0 Å². The molecule has 4 nitrogen and oxygen atoms in total. The molecule has 2 aromatic carbocycles. The molecule has 0 radical (unpaired) electrons. The molecule has 0 saturated heterocycles. The predicted molar refractivity (Wildman–Crippen MR) is 105 cm³/mol. The summed E-state index contributed by atoms with van der Waals surface area (Å²) < 4.78 is 5.27. The third kappa shape index (κ3) is 5.73. The van der Waals surface area contributed by atoms with E-state index in [-0.39, 0.29) is 5.78 Å². The fraction of sp³-hybridized carbons (Fsp3) is 0.364. The van der Waals surface area contributed by atoms with Gasteiger partial charge in [-0.25, -0.2) is 4.79 Å². The van der Waals surface area contributed by atoms with E-state index in [2.05, 4.69) is 12.2 Å². The van der Waals surface area contributed by atoms with Gasteiger partial charge in [-0.15, -0.1) is 0 Å². The van der Waals surface area contributed by atoms with Crippen LogP contribution in [0.4, 0.5) is 10.5 Å². The van der Waals surface area contributed by atoms with Gasteiger partial charge in [0.1, 0.15) is 5.60 Å². The largest absolute Gasteiger partial charge is 0.444 e. The standard InChI is InChI=1S/C22H27NO3/c1-5-6-9-16-12-14-17(15-13-16)20(24)18-10-7-8-11-19(18)23-21(25)26-22(2,3)4/h7-8,10-15H,5-6,9H2,1-4H3,(H,23,25). The number of ether oxygens (including phenoxy) is 1. The number of para-hydroxylation sites is 1. The van der Waals surface area contributed by atoms with Crippen molar-refractivity contribution in [2.24, 2.45) is 0 Å². The average molecular weight is 353 g/mol. The van der Waals surface area contributed by atoms with E-state index >= 15 is 0 Å². The molecule has 0 aliphatic rings. The molecule has 2 rings (SSSR count). The van der Waals surface area contributed by atoms with Crippen LogP contribution in [0.3, 0.4) is 0 Å². The topological polar surface area (TPSA) is 55.4 Å². The maximum Gasteiger partial charge on any atom is 0.412 e. The number of benzene rings is 2. The molecule has 0 aliphatic heterocycles. The summed E-state index contributed by atoms with van der Waals surface area (Å²) >= 11 is 0. The quantitative estimate of drug-likeness (QED) is 0.687. The molecule has 0 heterocycles. The first-order valence-electron chi connectivity index (χ1n) is 9.03. The lowest BCUT2D eigenvalue weighted by atomic mass is 9.99. The number of amides is 1. The van der Waals surface area contributed by atoms with Gasteiger partial charge in [0.05, 0.1) is 5.69 Å². The van der Waals surface area contributed by atoms with Crippen molar-refractivity contribution in [1.82, 2.24) is 0 Å². The van der Waals surface area contributed by atoms with E-state index < -0.39 is 11.7 Å². The Morgan fingerprint density at radius 2 is 1.65 bits per heavy atom. The Morgan fingerprint density at radius 1 is 1.00 bits per heavy atom. The van der Waals surface area contributed by atoms with Gasteiger partial charge >= 0.3 is 6.09 Å². The minimum Gasteiger partial charge on any atom is -0.444 e. The molecule has 0 aromatic heterocycles. The number of hydrogen-bond donors (Lipinski definition) is 1. The number of hydrogen-bond acceptors (Lipinski definition) is 3. The molecule has 0 fully saturated rings. The predicted octanol–water partition coefficient (Wildman–Crippen LogP) is 5.61. The van der Waals surface area contributed by atoms with Gasteiger partial charge in [-0.05, 0) is 51.3 Å². The molecule has 0 atom stereocenters. The van der Waals surface area contributed by atoms with Crippen LogP contribution < -0.4 is 5.32 Å². The number of carbonyl (C=O) groups is 2. The number of aryl methyl sites for hydroxylation is 1. The van der Waals surface area contributed by atoms with Crippen LogP contribution in [0, 0.1) is 0 Å². The lowest BCUT2D eigenvalue weighted by molar-refractivity contribution is 0.0636. The van der Waals surface area contributed by atoms with Crippen LogP contribution in [0.25, 0.3) is 0 Å². The number of ketones is 1. The van der Waals surface area contributed by atoms with E-state index in [1.165, 1.54) is 5.56 Å². The minimum atomic E-state index is -0.600. The Labute approximate surface area is 155 Å². The van der Waals surface area contributed by atoms with Gasteiger partial charge in [-0.2, -0.15) is 0 Å². The van der Waals surface area contributed by atoms with Crippen molar-refractivity contribution in [3.8, 4) is 0 Å². The highest BCUT2D eigenvalue weighted by Crippen LogP contribution is 2.21. The van der Waals surface area contributed by atoms with Crippen molar-refractivity contribution in [2.75, 3.05) is 5.32 Å². The first kappa shape index (κ1) is 19.7. The number of anilines is 1. The van der Waals surface area contributed by atoms with Gasteiger partial charge in [0.15, 0.2) is 5.78 Å². The first-order valence-corrected chi connectivity index (χ1v) is 9.03. The second-order valence-corrected chi connectivity index (χ2v) is 7.30. The summed E-state index contributed by atoms with van der Waals surface area (Å²) in [6, 6.07) is 14.6. The van der Waals surface area contributed by atoms with Gasteiger partial charge in [0.25, 0.3) is 0 Å². The van der Waals surface area contributed by atoms with E-state index in [0.29, 0.717) is 16.8 Å². The van der Waals surface area contributed by atoms with Crippen molar-refractivity contribution in [3.05, 3.63) is 65.2 Å². The highest BCUT2D eigenvalue weighted by Gasteiger charge is 2.19. The van der Waals surface area contributed by atoms with Crippen LogP contribution in [-0.2, 0) is 11.2 Å². The number of nitrogens with one attached hydrogen (secondary N) is 1. The molecule has 0 spiro atoms. The van der Waals surface area contributed by atoms with Crippen LogP contribution in [0.5, 0.6) is 0 Å². The Hall–Kier alpha value is -2.62. The molecule has 26 heavy (non-hydrogen) atoms. The molecular formula is C22H27NO3. The van der Waals surface area contributed by atoms with E-state index in [1.807, 2.05) is 24.3 Å². The summed E-state index contributed by atoms with van der Waals surface area (Å²) in [5, 5.41) is 2.68. The highest BCUT2D eigenvalue weighted by molar-refractivity contribution is 6.13. The van der Waals surface area contributed by atoms with Gasteiger partial charge in [-0.3, -0.25) is 10.1 Å². The maximum absolute atomic E-state index is 12.9. The van der Waals surface area contributed by atoms with Crippen LogP contribution in [0.1, 0.15) is 62.0 Å². The Bertz CT molecular complexity index is 758. The number of rotatable bonds is 6. The third-order valence-corrected chi connectivity index (χ3v) is 3.84. The Kier molecular flexibility index (Phi) is 6.56. The fourth-order valence-electron chi connectivity index (χ4n) is 2.56. The van der Waals surface area contributed by atoms with Crippen molar-refractivity contribution in [1.29, 1.82) is 0 Å². The van der Waals surface area contributed by atoms with Crippen LogP contribution in [-0.4, -0.2) is 17.5 Å². The maximum atomic E-state index is 12.9. The normalized spacial score (nSPS) is 11.1. The molecule has 0 unspecified atom stereocenters. The second kappa shape index (κ2) is 8.65. The molecule has 0 bridgehead atoms. The molecule has 1 N–H and O–H groups in total. The van der Waals surface area contributed by atoms with Gasteiger partial charge in [-0.1, -0.05) is 49.7 Å². The monoisotopic (exact) mass is 353 g/mol. The van der Waals surface area contributed by atoms with Crippen molar-refractivity contribution in [2.45, 2.75) is 52.6 Å². The number of unbranched alkanes of at least 4 members (excludes halogenated alkanes) is 1. The van der Waals surface area contributed by atoms with Gasteiger partial charge in [0.2, 0.25) is 0 Å². The zero-order valence-corrected chi connectivity index (χ0v) is 16.0. The van der Waals surface area contributed by atoms with E-state index in [4.69, 9.17) is 4.74 Å². The molecule has 0 saturated carbocycles. The summed E-state index contributed by atoms with van der Waals surface area (Å²) in [5.41, 5.74) is 2.12.